The first-order chi connectivity index (χ1) is 10.2. The standard InChI is InChI=1S/C15H24N4OS/c16-15(5-2-1-3-6-15)13(20)18-8-4-9-19(11-10-18)14-17-7-12-21-14/h7,12H,1-6,8-11,16H2. The fraction of sp³-hybridized carbons (Fsp3) is 0.733. The third-order valence-corrected chi connectivity index (χ3v) is 5.48. The Balaban J connectivity index is 1.63. The van der Waals surface area contributed by atoms with E-state index >= 15 is 0 Å². The molecule has 0 radical (unpaired) electrons. The molecule has 5 nitrogen and oxygen atoms in total. The predicted molar refractivity (Wildman–Crippen MR) is 85.5 cm³/mol. The highest BCUT2D eigenvalue weighted by Crippen LogP contribution is 2.28. The lowest BCUT2D eigenvalue weighted by molar-refractivity contribution is -0.138. The molecule has 0 spiro atoms. The van der Waals surface area contributed by atoms with Gasteiger partial charge in [0.2, 0.25) is 5.91 Å². The van der Waals surface area contributed by atoms with Crippen LogP contribution in [0, 0.1) is 0 Å². The van der Waals surface area contributed by atoms with Crippen molar-refractivity contribution in [3.8, 4) is 0 Å². The quantitative estimate of drug-likeness (QED) is 0.905. The van der Waals surface area contributed by atoms with Crippen LogP contribution in [0.25, 0.3) is 0 Å². The third kappa shape index (κ3) is 3.21. The molecular weight excluding hydrogens is 284 g/mol. The van der Waals surface area contributed by atoms with E-state index in [0.717, 1.165) is 63.4 Å². The van der Waals surface area contributed by atoms with E-state index in [1.165, 1.54) is 6.42 Å². The average Bonchev–Trinajstić information content (AvgIpc) is 2.92. The summed E-state index contributed by atoms with van der Waals surface area (Å²) in [6.07, 6.45) is 7.90. The molecule has 0 bridgehead atoms. The Labute approximate surface area is 130 Å². The monoisotopic (exact) mass is 308 g/mol. The minimum Gasteiger partial charge on any atom is -0.346 e. The molecule has 21 heavy (non-hydrogen) atoms. The zero-order chi connectivity index (χ0) is 14.7. The Kier molecular flexibility index (Phi) is 4.45. The van der Waals surface area contributed by atoms with Gasteiger partial charge < -0.3 is 15.5 Å². The molecule has 1 amide bonds. The summed E-state index contributed by atoms with van der Waals surface area (Å²) in [6.45, 7) is 3.40. The van der Waals surface area contributed by atoms with Gasteiger partial charge in [-0.05, 0) is 19.3 Å². The Morgan fingerprint density at radius 3 is 2.67 bits per heavy atom. The van der Waals surface area contributed by atoms with Crippen molar-refractivity contribution in [2.75, 3.05) is 31.1 Å². The molecule has 0 aromatic carbocycles. The minimum absolute atomic E-state index is 0.170. The molecule has 3 rings (SSSR count). The van der Waals surface area contributed by atoms with Crippen LogP contribution in [0.15, 0.2) is 11.6 Å². The summed E-state index contributed by atoms with van der Waals surface area (Å²) in [4.78, 5) is 21.4. The van der Waals surface area contributed by atoms with Gasteiger partial charge in [0.05, 0.1) is 5.54 Å². The lowest BCUT2D eigenvalue weighted by Crippen LogP contribution is -2.56. The first kappa shape index (κ1) is 14.8. The van der Waals surface area contributed by atoms with Crippen molar-refractivity contribution in [3.05, 3.63) is 11.6 Å². The smallest absolute Gasteiger partial charge is 0.242 e. The van der Waals surface area contributed by atoms with Crippen molar-refractivity contribution in [1.29, 1.82) is 0 Å². The second-order valence-corrected chi connectivity index (χ2v) is 7.04. The summed E-state index contributed by atoms with van der Waals surface area (Å²) in [5, 5.41) is 3.06. The van der Waals surface area contributed by atoms with Gasteiger partial charge in [-0.25, -0.2) is 4.98 Å². The van der Waals surface area contributed by atoms with Gasteiger partial charge in [-0.3, -0.25) is 4.79 Å². The van der Waals surface area contributed by atoms with Gasteiger partial charge in [0.1, 0.15) is 0 Å². The van der Waals surface area contributed by atoms with Gasteiger partial charge in [-0.1, -0.05) is 19.3 Å². The molecule has 2 fully saturated rings. The second kappa shape index (κ2) is 6.32. The highest BCUT2D eigenvalue weighted by Gasteiger charge is 2.38. The molecule has 1 aromatic heterocycles. The molecule has 1 aliphatic carbocycles. The molecule has 2 N–H and O–H groups in total. The number of hydrogen-bond donors (Lipinski definition) is 1. The maximum atomic E-state index is 12.8. The van der Waals surface area contributed by atoms with Gasteiger partial charge in [-0.15, -0.1) is 11.3 Å². The number of rotatable bonds is 2. The van der Waals surface area contributed by atoms with Crippen LogP contribution >= 0.6 is 11.3 Å². The third-order valence-electron chi connectivity index (χ3n) is 4.64. The van der Waals surface area contributed by atoms with Crippen molar-refractivity contribution in [2.45, 2.75) is 44.1 Å². The van der Waals surface area contributed by atoms with Crippen molar-refractivity contribution in [2.24, 2.45) is 5.73 Å². The van der Waals surface area contributed by atoms with Crippen LogP contribution in [0.1, 0.15) is 38.5 Å². The van der Waals surface area contributed by atoms with Crippen molar-refractivity contribution in [3.63, 3.8) is 0 Å². The molecule has 1 aromatic rings. The number of hydrogen-bond acceptors (Lipinski definition) is 5. The lowest BCUT2D eigenvalue weighted by atomic mass is 9.81. The SMILES string of the molecule is NC1(C(=O)N2CCCN(c3nccs3)CC2)CCCCC1. The largest absolute Gasteiger partial charge is 0.346 e. The molecule has 1 saturated carbocycles. The Bertz CT molecular complexity index is 470. The molecule has 1 saturated heterocycles. The number of anilines is 1. The van der Waals surface area contributed by atoms with Crippen LogP contribution in [-0.4, -0.2) is 47.5 Å². The normalized spacial score (nSPS) is 22.9. The molecule has 116 valence electrons. The molecule has 0 unspecified atom stereocenters. The van der Waals surface area contributed by atoms with Gasteiger partial charge in [-0.2, -0.15) is 0 Å². The molecular formula is C15H24N4OS. The van der Waals surface area contributed by atoms with E-state index in [1.54, 1.807) is 11.3 Å². The number of carbonyl (C=O) groups excluding carboxylic acids is 1. The summed E-state index contributed by atoms with van der Waals surface area (Å²) >= 11 is 1.66. The van der Waals surface area contributed by atoms with Crippen LogP contribution in [0.3, 0.4) is 0 Å². The summed E-state index contributed by atoms with van der Waals surface area (Å²) in [5.74, 6) is 0.170. The van der Waals surface area contributed by atoms with Crippen molar-refractivity contribution >= 4 is 22.4 Å². The molecule has 2 aliphatic rings. The lowest BCUT2D eigenvalue weighted by Gasteiger charge is -2.36. The number of amides is 1. The number of thiazole rings is 1. The maximum absolute atomic E-state index is 12.8. The average molecular weight is 308 g/mol. The van der Waals surface area contributed by atoms with E-state index in [1.807, 2.05) is 16.5 Å². The topological polar surface area (TPSA) is 62.5 Å². The number of nitrogens with two attached hydrogens (primary N) is 1. The molecule has 2 heterocycles. The van der Waals surface area contributed by atoms with E-state index in [9.17, 15) is 4.79 Å². The maximum Gasteiger partial charge on any atom is 0.242 e. The first-order valence-corrected chi connectivity index (χ1v) is 8.80. The van der Waals surface area contributed by atoms with E-state index < -0.39 is 5.54 Å². The Morgan fingerprint density at radius 1 is 1.14 bits per heavy atom. The highest BCUT2D eigenvalue weighted by molar-refractivity contribution is 7.13. The van der Waals surface area contributed by atoms with Crippen molar-refractivity contribution < 1.29 is 4.79 Å². The number of carbonyl (C=O) groups is 1. The first-order valence-electron chi connectivity index (χ1n) is 7.92. The van der Waals surface area contributed by atoms with Crippen LogP contribution in [0.2, 0.25) is 0 Å². The van der Waals surface area contributed by atoms with E-state index in [2.05, 4.69) is 9.88 Å². The zero-order valence-electron chi connectivity index (χ0n) is 12.5. The van der Waals surface area contributed by atoms with Gasteiger partial charge >= 0.3 is 0 Å². The van der Waals surface area contributed by atoms with Crippen molar-refractivity contribution in [1.82, 2.24) is 9.88 Å². The summed E-state index contributed by atoms with van der Waals surface area (Å²) in [6, 6.07) is 0. The van der Waals surface area contributed by atoms with E-state index in [4.69, 9.17) is 5.73 Å². The summed E-state index contributed by atoms with van der Waals surface area (Å²) < 4.78 is 0. The summed E-state index contributed by atoms with van der Waals surface area (Å²) in [5.41, 5.74) is 5.80. The van der Waals surface area contributed by atoms with E-state index in [0.29, 0.717) is 0 Å². The molecule has 0 atom stereocenters. The second-order valence-electron chi connectivity index (χ2n) is 6.16. The van der Waals surface area contributed by atoms with Gasteiger partial charge in [0, 0.05) is 37.8 Å². The molecule has 1 aliphatic heterocycles. The fourth-order valence-electron chi connectivity index (χ4n) is 3.40. The van der Waals surface area contributed by atoms with Crippen LogP contribution < -0.4 is 10.6 Å². The van der Waals surface area contributed by atoms with Crippen LogP contribution in [0.5, 0.6) is 0 Å². The predicted octanol–water partition coefficient (Wildman–Crippen LogP) is 1.84. The Hall–Kier alpha value is -1.14. The molecule has 6 heteroatoms. The Morgan fingerprint density at radius 2 is 1.95 bits per heavy atom. The zero-order valence-corrected chi connectivity index (χ0v) is 13.3. The van der Waals surface area contributed by atoms with Gasteiger partial charge in [0.15, 0.2) is 5.13 Å². The summed E-state index contributed by atoms with van der Waals surface area (Å²) in [7, 11) is 0. The number of aromatic nitrogens is 1. The van der Waals surface area contributed by atoms with Gasteiger partial charge in [0.25, 0.3) is 0 Å². The van der Waals surface area contributed by atoms with Crippen LogP contribution in [0.4, 0.5) is 5.13 Å². The fourth-order valence-corrected chi connectivity index (χ4v) is 4.09. The minimum atomic E-state index is -0.603. The highest BCUT2D eigenvalue weighted by atomic mass is 32.1. The van der Waals surface area contributed by atoms with E-state index in [-0.39, 0.29) is 5.91 Å². The number of nitrogens with zero attached hydrogens (tertiary/aromatic N) is 3. The van der Waals surface area contributed by atoms with Crippen LogP contribution in [-0.2, 0) is 4.79 Å².